The lowest BCUT2D eigenvalue weighted by Crippen LogP contribution is -2.19. The minimum absolute atomic E-state index is 0.285. The molecule has 0 aliphatic heterocycles. The number of rotatable bonds is 4. The number of hydrogen-bond donors (Lipinski definition) is 1. The standard InChI is InChI=1S/C7H12N2OS/c1-8-6(4-10-2)7-3-9-5-11-7/h3,5-6,8H,4H2,1-2H3. The van der Waals surface area contributed by atoms with Crippen LogP contribution in [0.2, 0.25) is 0 Å². The number of ether oxygens (including phenoxy) is 1. The van der Waals surface area contributed by atoms with Crippen molar-refractivity contribution in [3.63, 3.8) is 0 Å². The molecule has 1 unspecified atom stereocenters. The molecule has 0 aliphatic rings. The third-order valence-corrected chi connectivity index (χ3v) is 2.37. The molecule has 0 fully saturated rings. The molecule has 62 valence electrons. The van der Waals surface area contributed by atoms with Crippen molar-refractivity contribution in [3.8, 4) is 0 Å². The van der Waals surface area contributed by atoms with Crippen LogP contribution in [0.25, 0.3) is 0 Å². The van der Waals surface area contributed by atoms with Crippen molar-refractivity contribution >= 4 is 11.3 Å². The van der Waals surface area contributed by atoms with Crippen LogP contribution in [0.1, 0.15) is 10.9 Å². The smallest absolute Gasteiger partial charge is 0.0794 e. The van der Waals surface area contributed by atoms with Crippen molar-refractivity contribution in [1.82, 2.24) is 10.3 Å². The fourth-order valence-electron chi connectivity index (χ4n) is 0.872. The van der Waals surface area contributed by atoms with E-state index in [-0.39, 0.29) is 6.04 Å². The Kier molecular flexibility index (Phi) is 3.48. The summed E-state index contributed by atoms with van der Waals surface area (Å²) in [5.41, 5.74) is 1.83. The fraction of sp³-hybridized carbons (Fsp3) is 0.571. The molecule has 0 amide bonds. The average molecular weight is 172 g/mol. The van der Waals surface area contributed by atoms with E-state index in [4.69, 9.17) is 4.74 Å². The molecule has 1 aromatic rings. The van der Waals surface area contributed by atoms with E-state index in [9.17, 15) is 0 Å². The number of hydrogen-bond acceptors (Lipinski definition) is 4. The van der Waals surface area contributed by atoms with Gasteiger partial charge in [-0.15, -0.1) is 11.3 Å². The lowest BCUT2D eigenvalue weighted by Gasteiger charge is -2.11. The summed E-state index contributed by atoms with van der Waals surface area (Å²) in [5, 5.41) is 3.15. The van der Waals surface area contributed by atoms with Crippen LogP contribution in [0.4, 0.5) is 0 Å². The van der Waals surface area contributed by atoms with Crippen LogP contribution >= 0.6 is 11.3 Å². The van der Waals surface area contributed by atoms with E-state index in [0.29, 0.717) is 6.61 Å². The summed E-state index contributed by atoms with van der Waals surface area (Å²) in [7, 11) is 3.62. The predicted octanol–water partition coefficient (Wildman–Crippen LogP) is 1.05. The van der Waals surface area contributed by atoms with Crippen molar-refractivity contribution in [2.75, 3.05) is 20.8 Å². The van der Waals surface area contributed by atoms with Gasteiger partial charge in [0.2, 0.25) is 0 Å². The van der Waals surface area contributed by atoms with E-state index in [1.165, 1.54) is 4.88 Å². The maximum Gasteiger partial charge on any atom is 0.0794 e. The number of methoxy groups -OCH3 is 1. The van der Waals surface area contributed by atoms with Crippen LogP contribution in [0.3, 0.4) is 0 Å². The molecule has 1 heterocycles. The number of aromatic nitrogens is 1. The molecule has 11 heavy (non-hydrogen) atoms. The van der Waals surface area contributed by atoms with Crippen LogP contribution < -0.4 is 5.32 Å². The second-order valence-corrected chi connectivity index (χ2v) is 3.12. The average Bonchev–Trinajstić information content (AvgIpc) is 2.52. The van der Waals surface area contributed by atoms with Crippen LogP contribution in [-0.2, 0) is 4.74 Å². The van der Waals surface area contributed by atoms with Crippen molar-refractivity contribution < 1.29 is 4.74 Å². The maximum atomic E-state index is 5.04. The number of thiazole rings is 1. The third kappa shape index (κ3) is 2.25. The Bertz CT molecular complexity index is 188. The molecule has 0 aliphatic carbocycles. The molecular formula is C7H12N2OS. The van der Waals surface area contributed by atoms with Gasteiger partial charge in [-0.1, -0.05) is 0 Å². The van der Waals surface area contributed by atoms with Gasteiger partial charge >= 0.3 is 0 Å². The molecule has 0 radical (unpaired) electrons. The Morgan fingerprint density at radius 2 is 2.64 bits per heavy atom. The number of nitrogens with zero attached hydrogens (tertiary/aromatic N) is 1. The molecule has 3 nitrogen and oxygen atoms in total. The Hall–Kier alpha value is -0.450. The summed E-state index contributed by atoms with van der Waals surface area (Å²) in [4.78, 5) is 5.21. The summed E-state index contributed by atoms with van der Waals surface area (Å²) in [6, 6.07) is 0.285. The molecule has 0 saturated heterocycles. The van der Waals surface area contributed by atoms with E-state index >= 15 is 0 Å². The van der Waals surface area contributed by atoms with E-state index in [1.807, 2.05) is 18.8 Å². The topological polar surface area (TPSA) is 34.1 Å². The molecule has 1 rings (SSSR count). The van der Waals surface area contributed by atoms with E-state index < -0.39 is 0 Å². The molecule has 0 bridgehead atoms. The lowest BCUT2D eigenvalue weighted by atomic mass is 10.3. The van der Waals surface area contributed by atoms with Gasteiger partial charge in [0, 0.05) is 18.2 Å². The quantitative estimate of drug-likeness (QED) is 0.737. The summed E-state index contributed by atoms with van der Waals surface area (Å²) < 4.78 is 5.04. The molecule has 1 aromatic heterocycles. The number of likely N-dealkylation sites (N-methyl/N-ethyl adjacent to an activating group) is 1. The normalized spacial score (nSPS) is 13.3. The molecule has 4 heteroatoms. The Morgan fingerprint density at radius 3 is 3.09 bits per heavy atom. The highest BCUT2D eigenvalue weighted by Gasteiger charge is 2.08. The van der Waals surface area contributed by atoms with Gasteiger partial charge in [0.1, 0.15) is 0 Å². The van der Waals surface area contributed by atoms with Gasteiger partial charge in [0.05, 0.1) is 18.2 Å². The predicted molar refractivity (Wildman–Crippen MR) is 45.8 cm³/mol. The second kappa shape index (κ2) is 4.43. The third-order valence-electron chi connectivity index (χ3n) is 1.48. The van der Waals surface area contributed by atoms with Gasteiger partial charge in [0.25, 0.3) is 0 Å². The van der Waals surface area contributed by atoms with Gasteiger partial charge in [-0.3, -0.25) is 4.98 Å². The van der Waals surface area contributed by atoms with Crippen molar-refractivity contribution in [1.29, 1.82) is 0 Å². The van der Waals surface area contributed by atoms with Crippen molar-refractivity contribution in [3.05, 3.63) is 16.6 Å². The zero-order valence-electron chi connectivity index (χ0n) is 6.70. The Balaban J connectivity index is 2.56. The monoisotopic (exact) mass is 172 g/mol. The van der Waals surface area contributed by atoms with Crippen molar-refractivity contribution in [2.45, 2.75) is 6.04 Å². The van der Waals surface area contributed by atoms with Crippen LogP contribution in [-0.4, -0.2) is 25.7 Å². The highest BCUT2D eigenvalue weighted by molar-refractivity contribution is 7.09. The summed E-state index contributed by atoms with van der Waals surface area (Å²) in [6.07, 6.45) is 1.87. The molecule has 0 saturated carbocycles. The largest absolute Gasteiger partial charge is 0.383 e. The fourth-order valence-corrected chi connectivity index (χ4v) is 1.59. The van der Waals surface area contributed by atoms with Crippen LogP contribution in [0, 0.1) is 0 Å². The first-order valence-electron chi connectivity index (χ1n) is 3.43. The molecule has 0 spiro atoms. The highest BCUT2D eigenvalue weighted by Crippen LogP contribution is 2.16. The first kappa shape index (κ1) is 8.64. The Labute approximate surface area is 70.4 Å². The SMILES string of the molecule is CNC(COC)c1cncs1. The van der Waals surface area contributed by atoms with Crippen LogP contribution in [0.15, 0.2) is 11.7 Å². The summed E-state index contributed by atoms with van der Waals surface area (Å²) >= 11 is 1.64. The molecular weight excluding hydrogens is 160 g/mol. The van der Waals surface area contributed by atoms with Gasteiger partial charge in [-0.2, -0.15) is 0 Å². The minimum atomic E-state index is 0.285. The lowest BCUT2D eigenvalue weighted by molar-refractivity contribution is 0.171. The first-order valence-corrected chi connectivity index (χ1v) is 4.31. The Morgan fingerprint density at radius 1 is 1.82 bits per heavy atom. The molecule has 0 aromatic carbocycles. The van der Waals surface area contributed by atoms with E-state index in [0.717, 1.165) is 0 Å². The van der Waals surface area contributed by atoms with Gasteiger partial charge in [0.15, 0.2) is 0 Å². The van der Waals surface area contributed by atoms with Gasteiger partial charge in [-0.05, 0) is 7.05 Å². The maximum absolute atomic E-state index is 5.04. The van der Waals surface area contributed by atoms with Crippen LogP contribution in [0.5, 0.6) is 0 Å². The van der Waals surface area contributed by atoms with Crippen molar-refractivity contribution in [2.24, 2.45) is 0 Å². The highest BCUT2D eigenvalue weighted by atomic mass is 32.1. The van der Waals surface area contributed by atoms with Gasteiger partial charge in [-0.25, -0.2) is 0 Å². The zero-order valence-corrected chi connectivity index (χ0v) is 7.52. The summed E-state index contributed by atoms with van der Waals surface area (Å²) in [6.45, 7) is 0.693. The van der Waals surface area contributed by atoms with E-state index in [1.54, 1.807) is 18.4 Å². The molecule has 1 N–H and O–H groups in total. The van der Waals surface area contributed by atoms with Gasteiger partial charge < -0.3 is 10.1 Å². The first-order chi connectivity index (χ1) is 5.38. The summed E-state index contributed by atoms with van der Waals surface area (Å²) in [5.74, 6) is 0. The van der Waals surface area contributed by atoms with E-state index in [2.05, 4.69) is 10.3 Å². The minimum Gasteiger partial charge on any atom is -0.383 e. The zero-order chi connectivity index (χ0) is 8.10. The second-order valence-electron chi connectivity index (χ2n) is 2.20. The number of nitrogens with one attached hydrogen (secondary N) is 1. The molecule has 1 atom stereocenters.